The number of rotatable bonds is 6. The molecule has 0 aromatic heterocycles. The van der Waals surface area contributed by atoms with E-state index in [1.54, 1.807) is 0 Å². The number of nitrogens with one attached hydrogen (secondary N) is 1. The molecule has 0 amide bonds. The van der Waals surface area contributed by atoms with Crippen molar-refractivity contribution in [1.82, 2.24) is 15.1 Å². The Morgan fingerprint density at radius 3 is 2.69 bits per heavy atom. The number of benzene rings is 1. The maximum atomic E-state index is 12.3. The highest BCUT2D eigenvalue weighted by atomic mass is 127. The van der Waals surface area contributed by atoms with Crippen LogP contribution in [0.5, 0.6) is 0 Å². The normalized spacial score (nSPS) is 21.7. The molecule has 0 saturated carbocycles. The average Bonchev–Trinajstić information content (AvgIpc) is 3.33. The lowest BCUT2D eigenvalue weighted by Gasteiger charge is -2.25. The van der Waals surface area contributed by atoms with Crippen LogP contribution in [0.1, 0.15) is 13.3 Å². The second-order valence-electron chi connectivity index (χ2n) is 6.41. The van der Waals surface area contributed by atoms with Crippen LogP contribution in [-0.4, -0.2) is 71.0 Å². The van der Waals surface area contributed by atoms with Crippen LogP contribution < -0.4 is 5.32 Å². The van der Waals surface area contributed by atoms with Crippen LogP contribution in [0.3, 0.4) is 0 Å². The summed E-state index contributed by atoms with van der Waals surface area (Å²) >= 11 is 0. The summed E-state index contributed by atoms with van der Waals surface area (Å²) in [5, 5.41) is 3.39. The Morgan fingerprint density at radius 2 is 2.00 bits per heavy atom. The summed E-state index contributed by atoms with van der Waals surface area (Å²) in [6.07, 6.45) is 5.68. The Kier molecular flexibility index (Phi) is 9.07. The second kappa shape index (κ2) is 11.0. The van der Waals surface area contributed by atoms with Gasteiger partial charge in [-0.25, -0.2) is 0 Å². The Morgan fingerprint density at radius 1 is 1.27 bits per heavy atom. The number of halogens is 1. The third-order valence-electron chi connectivity index (χ3n) is 4.71. The van der Waals surface area contributed by atoms with Crippen molar-refractivity contribution in [2.75, 3.05) is 45.0 Å². The molecule has 0 bridgehead atoms. The van der Waals surface area contributed by atoms with E-state index in [4.69, 9.17) is 4.99 Å². The predicted molar refractivity (Wildman–Crippen MR) is 120 cm³/mol. The lowest BCUT2D eigenvalue weighted by atomic mass is 10.2. The van der Waals surface area contributed by atoms with E-state index in [1.807, 2.05) is 30.3 Å². The van der Waals surface area contributed by atoms with Crippen LogP contribution in [-0.2, 0) is 10.8 Å². The van der Waals surface area contributed by atoms with Crippen LogP contribution in [0.25, 0.3) is 0 Å². The van der Waals surface area contributed by atoms with Gasteiger partial charge < -0.3 is 10.2 Å². The molecule has 26 heavy (non-hydrogen) atoms. The molecular weight excluding hydrogens is 459 g/mol. The van der Waals surface area contributed by atoms with Crippen molar-refractivity contribution in [2.24, 2.45) is 4.99 Å². The van der Waals surface area contributed by atoms with Gasteiger partial charge in [-0.2, -0.15) is 0 Å². The maximum Gasteiger partial charge on any atom is 0.193 e. The van der Waals surface area contributed by atoms with Gasteiger partial charge in [0.2, 0.25) is 0 Å². The van der Waals surface area contributed by atoms with Gasteiger partial charge in [-0.15, -0.1) is 24.0 Å². The third-order valence-corrected chi connectivity index (χ3v) is 6.06. The molecule has 7 heteroatoms. The van der Waals surface area contributed by atoms with E-state index in [-0.39, 0.29) is 24.0 Å². The summed E-state index contributed by atoms with van der Waals surface area (Å²) < 4.78 is 12.3. The van der Waals surface area contributed by atoms with Gasteiger partial charge >= 0.3 is 0 Å². The largest absolute Gasteiger partial charge is 0.357 e. The number of hydrogen-bond acceptors (Lipinski definition) is 3. The van der Waals surface area contributed by atoms with Gasteiger partial charge in [-0.05, 0) is 25.5 Å². The summed E-state index contributed by atoms with van der Waals surface area (Å²) in [6, 6.07) is 10.2. The van der Waals surface area contributed by atoms with Crippen molar-refractivity contribution in [1.29, 1.82) is 0 Å². The highest BCUT2D eigenvalue weighted by molar-refractivity contribution is 14.0. The van der Waals surface area contributed by atoms with Crippen LogP contribution in [0.15, 0.2) is 52.4 Å². The zero-order chi connectivity index (χ0) is 17.5. The molecule has 1 saturated heterocycles. The minimum atomic E-state index is -0.984. The van der Waals surface area contributed by atoms with Crippen LogP contribution in [0.2, 0.25) is 0 Å². The zero-order valence-electron chi connectivity index (χ0n) is 15.3. The zero-order valence-corrected chi connectivity index (χ0v) is 18.5. The van der Waals surface area contributed by atoms with Crippen LogP contribution in [0, 0.1) is 0 Å². The van der Waals surface area contributed by atoms with Crippen LogP contribution in [0.4, 0.5) is 0 Å². The Labute approximate surface area is 176 Å². The highest BCUT2D eigenvalue weighted by Gasteiger charge is 2.29. The Bertz CT molecular complexity index is 630. The van der Waals surface area contributed by atoms with Gasteiger partial charge in [0.25, 0.3) is 0 Å². The molecule has 2 unspecified atom stereocenters. The van der Waals surface area contributed by atoms with Crippen LogP contribution >= 0.6 is 24.0 Å². The first-order valence-electron chi connectivity index (χ1n) is 9.13. The molecule has 2 atom stereocenters. The number of likely N-dealkylation sites (tertiary alicyclic amines) is 1. The van der Waals surface area contributed by atoms with Crippen molar-refractivity contribution >= 4 is 40.7 Å². The van der Waals surface area contributed by atoms with E-state index in [0.29, 0.717) is 18.3 Å². The van der Waals surface area contributed by atoms with Crippen molar-refractivity contribution in [3.05, 3.63) is 42.5 Å². The van der Waals surface area contributed by atoms with E-state index < -0.39 is 10.8 Å². The molecular formula is C19H29IN4OS. The van der Waals surface area contributed by atoms with Crippen molar-refractivity contribution < 1.29 is 4.21 Å². The van der Waals surface area contributed by atoms with E-state index in [1.165, 1.54) is 6.42 Å². The average molecular weight is 488 g/mol. The molecule has 0 spiro atoms. The summed E-state index contributed by atoms with van der Waals surface area (Å²) in [6.45, 7) is 7.73. The van der Waals surface area contributed by atoms with Gasteiger partial charge in [0.15, 0.2) is 5.96 Å². The van der Waals surface area contributed by atoms with E-state index in [0.717, 1.165) is 43.6 Å². The molecule has 2 aliphatic rings. The van der Waals surface area contributed by atoms with E-state index >= 15 is 0 Å². The molecule has 3 rings (SSSR count). The smallest absolute Gasteiger partial charge is 0.193 e. The van der Waals surface area contributed by atoms with Gasteiger partial charge in [0.05, 0.1) is 17.3 Å². The van der Waals surface area contributed by atoms with E-state index in [9.17, 15) is 4.21 Å². The molecule has 0 radical (unpaired) electrons. The first-order valence-corrected chi connectivity index (χ1v) is 10.5. The summed E-state index contributed by atoms with van der Waals surface area (Å²) in [5.41, 5.74) is 0. The first kappa shape index (κ1) is 21.4. The Hall–Kier alpha value is -0.930. The van der Waals surface area contributed by atoms with Gasteiger partial charge in [-0.3, -0.25) is 14.1 Å². The fraction of sp³-hybridized carbons (Fsp3) is 0.526. The molecule has 1 aromatic rings. The van der Waals surface area contributed by atoms with Gasteiger partial charge in [-0.1, -0.05) is 30.4 Å². The fourth-order valence-corrected chi connectivity index (χ4v) is 4.33. The van der Waals surface area contributed by atoms with Crippen molar-refractivity contribution in [2.45, 2.75) is 24.3 Å². The number of guanidine groups is 1. The second-order valence-corrected chi connectivity index (χ2v) is 7.98. The molecule has 0 aliphatic carbocycles. The lowest BCUT2D eigenvalue weighted by Crippen LogP contribution is -2.43. The standard InChI is InChI=1S/C19H28N4OS.HI/c1-2-20-19(21-11-15-25(24)18-8-4-3-5-9-18)23-14-10-17(16-23)22-12-6-7-13-22;/h3-9,17H,2,10-16H2,1H3,(H,20,21);1H. The molecule has 1 N–H and O–H groups in total. The molecule has 1 aromatic carbocycles. The van der Waals surface area contributed by atoms with Gasteiger partial charge in [0.1, 0.15) is 0 Å². The van der Waals surface area contributed by atoms with Crippen molar-refractivity contribution in [3.8, 4) is 0 Å². The molecule has 1 fully saturated rings. The highest BCUT2D eigenvalue weighted by Crippen LogP contribution is 2.18. The first-order chi connectivity index (χ1) is 12.3. The minimum absolute atomic E-state index is 0. The van der Waals surface area contributed by atoms with Gasteiger partial charge in [0, 0.05) is 49.4 Å². The SMILES string of the molecule is CCNC(=NCCS(=O)c1ccccc1)N1CCC(N2CC=CC2)C1.I. The number of nitrogens with zero attached hydrogens (tertiary/aromatic N) is 3. The fourth-order valence-electron chi connectivity index (χ4n) is 3.38. The number of aliphatic imine (C=N–C) groups is 1. The third kappa shape index (κ3) is 5.79. The monoisotopic (exact) mass is 488 g/mol. The predicted octanol–water partition coefficient (Wildman–Crippen LogP) is 2.32. The molecule has 5 nitrogen and oxygen atoms in total. The lowest BCUT2D eigenvalue weighted by molar-refractivity contribution is 0.259. The quantitative estimate of drug-likeness (QED) is 0.289. The Balaban J connectivity index is 0.00000243. The maximum absolute atomic E-state index is 12.3. The summed E-state index contributed by atoms with van der Waals surface area (Å²) in [5.74, 6) is 1.52. The molecule has 2 heterocycles. The summed E-state index contributed by atoms with van der Waals surface area (Å²) in [4.78, 5) is 10.5. The molecule has 2 aliphatic heterocycles. The molecule has 144 valence electrons. The van der Waals surface area contributed by atoms with E-state index in [2.05, 4.69) is 34.2 Å². The number of hydrogen-bond donors (Lipinski definition) is 1. The minimum Gasteiger partial charge on any atom is -0.357 e. The topological polar surface area (TPSA) is 47.9 Å². The summed E-state index contributed by atoms with van der Waals surface area (Å²) in [7, 11) is -0.984. The van der Waals surface area contributed by atoms with Crippen molar-refractivity contribution in [3.63, 3.8) is 0 Å².